The average Bonchev–Trinajstić information content (AvgIpc) is 3.02. The highest BCUT2D eigenvalue weighted by Gasteiger charge is 2.30. The predicted octanol–water partition coefficient (Wildman–Crippen LogP) is 2.72. The zero-order chi connectivity index (χ0) is 16.0. The smallest absolute Gasteiger partial charge is 0.290 e. The molecule has 0 spiro atoms. The molecule has 5 nitrogen and oxygen atoms in total. The first-order valence-electron chi connectivity index (χ1n) is 6.72. The van der Waals surface area contributed by atoms with Crippen LogP contribution in [0.1, 0.15) is 12.5 Å². The van der Waals surface area contributed by atoms with Crippen molar-refractivity contribution in [2.75, 3.05) is 13.2 Å². The number of nitrogens with zero attached hydrogens (tertiary/aromatic N) is 1. The van der Waals surface area contributed by atoms with E-state index in [0.717, 1.165) is 5.56 Å². The molecule has 1 aromatic heterocycles. The van der Waals surface area contributed by atoms with E-state index in [1.165, 1.54) is 11.1 Å². The first-order chi connectivity index (χ1) is 10.6. The van der Waals surface area contributed by atoms with E-state index >= 15 is 0 Å². The maximum atomic E-state index is 8.36. The van der Waals surface area contributed by atoms with Crippen LogP contribution < -0.4 is 5.73 Å². The van der Waals surface area contributed by atoms with E-state index in [0.29, 0.717) is 19.0 Å². The van der Waals surface area contributed by atoms with Crippen LogP contribution in [0.15, 0.2) is 46.1 Å². The van der Waals surface area contributed by atoms with Crippen molar-refractivity contribution < 1.29 is 14.6 Å². The second-order valence-corrected chi connectivity index (χ2v) is 5.85. The lowest BCUT2D eigenvalue weighted by atomic mass is 9.90. The zero-order valence-electron chi connectivity index (χ0n) is 12.2. The summed E-state index contributed by atoms with van der Waals surface area (Å²) >= 11 is 1.70. The first kappa shape index (κ1) is 16.2. The Labute approximate surface area is 133 Å². The standard InChI is InChI=1S/C15H16N2OS.CH2O2/c1-15(10-18-8-14(16)17-15)13-4-2-3-11(7-13)12-5-6-19-9-12;2-1-3/h2-7,9H,8,10H2,1H3,(H2,16,17);1H,(H,2,3). The third-order valence-corrected chi connectivity index (χ3v) is 4.05. The number of rotatable bonds is 2. The second-order valence-electron chi connectivity index (χ2n) is 5.07. The maximum absolute atomic E-state index is 8.36. The maximum Gasteiger partial charge on any atom is 0.290 e. The normalized spacial score (nSPS) is 20.5. The van der Waals surface area contributed by atoms with E-state index < -0.39 is 0 Å². The summed E-state index contributed by atoms with van der Waals surface area (Å²) in [5, 5.41) is 11.1. The molecule has 1 aliphatic heterocycles. The monoisotopic (exact) mass is 318 g/mol. The number of benzene rings is 1. The molecule has 0 amide bonds. The summed E-state index contributed by atoms with van der Waals surface area (Å²) < 4.78 is 5.53. The molecule has 0 saturated heterocycles. The van der Waals surface area contributed by atoms with Crippen molar-refractivity contribution in [2.24, 2.45) is 10.7 Å². The van der Waals surface area contributed by atoms with Crippen molar-refractivity contribution in [1.29, 1.82) is 0 Å². The molecule has 116 valence electrons. The fourth-order valence-electron chi connectivity index (χ4n) is 2.35. The summed E-state index contributed by atoms with van der Waals surface area (Å²) in [6.07, 6.45) is 0. The van der Waals surface area contributed by atoms with Crippen LogP contribution in [0, 0.1) is 0 Å². The fourth-order valence-corrected chi connectivity index (χ4v) is 3.01. The van der Waals surface area contributed by atoms with Gasteiger partial charge in [0.05, 0.1) is 6.61 Å². The number of ether oxygens (including phenoxy) is 1. The molecule has 3 N–H and O–H groups in total. The molecule has 2 aromatic rings. The van der Waals surface area contributed by atoms with Crippen molar-refractivity contribution in [2.45, 2.75) is 12.5 Å². The predicted molar refractivity (Wildman–Crippen MR) is 88.2 cm³/mol. The van der Waals surface area contributed by atoms with Gasteiger partial charge in [0.2, 0.25) is 0 Å². The van der Waals surface area contributed by atoms with E-state index in [9.17, 15) is 0 Å². The van der Waals surface area contributed by atoms with Gasteiger partial charge in [-0.15, -0.1) is 0 Å². The molecule has 1 aromatic carbocycles. The largest absolute Gasteiger partial charge is 0.483 e. The highest BCUT2D eigenvalue weighted by Crippen LogP contribution is 2.31. The van der Waals surface area contributed by atoms with Crippen molar-refractivity contribution >= 4 is 23.6 Å². The molecule has 0 bridgehead atoms. The average molecular weight is 318 g/mol. The minimum absolute atomic E-state index is 0.250. The number of nitrogens with two attached hydrogens (primary N) is 1. The van der Waals surface area contributed by atoms with Gasteiger partial charge in [-0.05, 0) is 46.5 Å². The van der Waals surface area contributed by atoms with Crippen LogP contribution in [0.3, 0.4) is 0 Å². The molecule has 22 heavy (non-hydrogen) atoms. The zero-order valence-corrected chi connectivity index (χ0v) is 13.0. The number of amidine groups is 1. The number of carboxylic acid groups (broad SMARTS) is 1. The van der Waals surface area contributed by atoms with Gasteiger partial charge >= 0.3 is 0 Å². The van der Waals surface area contributed by atoms with Crippen LogP contribution >= 0.6 is 11.3 Å². The Hall–Kier alpha value is -2.18. The van der Waals surface area contributed by atoms with Crippen LogP contribution in [-0.4, -0.2) is 30.6 Å². The van der Waals surface area contributed by atoms with Gasteiger partial charge in [0.25, 0.3) is 6.47 Å². The molecule has 0 fully saturated rings. The highest BCUT2D eigenvalue weighted by atomic mass is 32.1. The Kier molecular flexibility index (Phi) is 5.30. The van der Waals surface area contributed by atoms with E-state index in [1.54, 1.807) is 11.3 Å². The number of hydrogen-bond donors (Lipinski definition) is 2. The van der Waals surface area contributed by atoms with E-state index in [4.69, 9.17) is 20.4 Å². The van der Waals surface area contributed by atoms with Crippen molar-refractivity contribution in [3.8, 4) is 11.1 Å². The Morgan fingerprint density at radius 1 is 1.41 bits per heavy atom. The topological polar surface area (TPSA) is 84.9 Å². The Morgan fingerprint density at radius 3 is 2.82 bits per heavy atom. The van der Waals surface area contributed by atoms with Gasteiger partial charge in [0.1, 0.15) is 18.0 Å². The first-order valence-corrected chi connectivity index (χ1v) is 7.66. The van der Waals surface area contributed by atoms with Gasteiger partial charge in [-0.25, -0.2) is 0 Å². The highest BCUT2D eigenvalue weighted by molar-refractivity contribution is 7.08. The summed E-state index contributed by atoms with van der Waals surface area (Å²) in [4.78, 5) is 12.9. The lowest BCUT2D eigenvalue weighted by molar-refractivity contribution is -0.122. The Balaban J connectivity index is 0.000000545. The van der Waals surface area contributed by atoms with E-state index in [-0.39, 0.29) is 12.0 Å². The SMILES string of the molecule is CC1(c2cccc(-c3ccsc3)c2)COCC(N)=N1.O=CO. The molecule has 0 aliphatic carbocycles. The lowest BCUT2D eigenvalue weighted by Gasteiger charge is -2.30. The van der Waals surface area contributed by atoms with Crippen molar-refractivity contribution in [1.82, 2.24) is 0 Å². The van der Waals surface area contributed by atoms with Crippen molar-refractivity contribution in [3.63, 3.8) is 0 Å². The minimum Gasteiger partial charge on any atom is -0.483 e. The molecule has 0 radical (unpaired) electrons. The van der Waals surface area contributed by atoms with Gasteiger partial charge in [-0.2, -0.15) is 11.3 Å². The lowest BCUT2D eigenvalue weighted by Crippen LogP contribution is -2.37. The summed E-state index contributed by atoms with van der Waals surface area (Å²) in [5.74, 6) is 0.565. The third-order valence-electron chi connectivity index (χ3n) is 3.36. The van der Waals surface area contributed by atoms with Gasteiger partial charge in [-0.1, -0.05) is 18.2 Å². The molecule has 3 rings (SSSR count). The molecule has 1 atom stereocenters. The van der Waals surface area contributed by atoms with Gasteiger partial charge < -0.3 is 15.6 Å². The number of thiophene rings is 1. The summed E-state index contributed by atoms with van der Waals surface area (Å²) in [5.41, 5.74) is 9.01. The third kappa shape index (κ3) is 3.72. The summed E-state index contributed by atoms with van der Waals surface area (Å²) in [6.45, 7) is 2.81. The minimum atomic E-state index is -0.381. The number of aliphatic imine (C=N–C) groups is 1. The molecule has 2 heterocycles. The number of carbonyl (C=O) groups is 1. The summed E-state index contributed by atoms with van der Waals surface area (Å²) in [6, 6.07) is 10.6. The Bertz CT molecular complexity index is 655. The van der Waals surface area contributed by atoms with Crippen LogP contribution in [0.2, 0.25) is 0 Å². The van der Waals surface area contributed by atoms with Crippen LogP contribution in [0.4, 0.5) is 0 Å². The molecule has 1 unspecified atom stereocenters. The van der Waals surface area contributed by atoms with E-state index in [1.807, 2.05) is 0 Å². The van der Waals surface area contributed by atoms with E-state index in [2.05, 4.69) is 53.0 Å². The fraction of sp³-hybridized carbons (Fsp3) is 0.250. The van der Waals surface area contributed by atoms with Gasteiger partial charge in [0, 0.05) is 0 Å². The quantitative estimate of drug-likeness (QED) is 0.834. The van der Waals surface area contributed by atoms with Crippen LogP contribution in [0.5, 0.6) is 0 Å². The second kappa shape index (κ2) is 7.20. The Morgan fingerprint density at radius 2 is 2.18 bits per heavy atom. The van der Waals surface area contributed by atoms with Crippen LogP contribution in [-0.2, 0) is 15.1 Å². The van der Waals surface area contributed by atoms with Gasteiger partial charge in [0.15, 0.2) is 0 Å². The number of hydrogen-bond acceptors (Lipinski definition) is 5. The van der Waals surface area contributed by atoms with Crippen LogP contribution in [0.25, 0.3) is 11.1 Å². The molecular weight excluding hydrogens is 300 g/mol. The van der Waals surface area contributed by atoms with Crippen molar-refractivity contribution in [3.05, 3.63) is 46.7 Å². The summed E-state index contributed by atoms with van der Waals surface area (Å²) in [7, 11) is 0. The molecule has 1 aliphatic rings. The molecule has 6 heteroatoms. The molecular formula is C16H18N2O3S. The molecule has 0 saturated carbocycles. The van der Waals surface area contributed by atoms with Gasteiger partial charge in [-0.3, -0.25) is 9.79 Å².